The van der Waals surface area contributed by atoms with Gasteiger partial charge in [0.2, 0.25) is 10.0 Å². The lowest BCUT2D eigenvalue weighted by atomic mass is 10.2. The van der Waals surface area contributed by atoms with Crippen LogP contribution in [0.1, 0.15) is 10.4 Å². The number of amides is 1. The third-order valence-electron chi connectivity index (χ3n) is 4.99. The van der Waals surface area contributed by atoms with Crippen molar-refractivity contribution in [1.29, 1.82) is 0 Å². The zero-order chi connectivity index (χ0) is 24.9. The Balaban J connectivity index is 0.00000432. The van der Waals surface area contributed by atoms with E-state index in [0.717, 1.165) is 10.2 Å². The van der Waals surface area contributed by atoms with Gasteiger partial charge in [-0.05, 0) is 56.6 Å². The van der Waals surface area contributed by atoms with E-state index in [1.54, 1.807) is 11.0 Å². The molecule has 11 heteroatoms. The van der Waals surface area contributed by atoms with Crippen molar-refractivity contribution in [2.45, 2.75) is 4.90 Å². The molecule has 188 valence electrons. The molecule has 0 aliphatic heterocycles. The van der Waals surface area contributed by atoms with Crippen LogP contribution in [0, 0.1) is 0 Å². The molecule has 0 unspecified atom stereocenters. The van der Waals surface area contributed by atoms with E-state index in [4.69, 9.17) is 11.6 Å². The van der Waals surface area contributed by atoms with Gasteiger partial charge in [-0.25, -0.2) is 13.4 Å². The van der Waals surface area contributed by atoms with Gasteiger partial charge in [0, 0.05) is 36.8 Å². The van der Waals surface area contributed by atoms with Gasteiger partial charge in [0.05, 0.1) is 15.1 Å². The van der Waals surface area contributed by atoms with Crippen molar-refractivity contribution < 1.29 is 13.2 Å². The normalized spacial score (nSPS) is 11.5. The summed E-state index contributed by atoms with van der Waals surface area (Å²) in [5.41, 5.74) is 1.13. The van der Waals surface area contributed by atoms with E-state index in [-0.39, 0.29) is 36.3 Å². The molecular formula is C24H28Cl2N4O3S2. The standard InChI is InChI=1S/C24H27ClN4O3S2.ClH/c1-5-13-28(14-6-2)34(31,32)20-10-7-18(8-11-20)23(30)29(16-15-27(3)4)24-26-21-12-9-19(25)17-22(21)33-24;/h5-12,17H,1-2,13-16H2,3-4H3;1H. The number of carbonyl (C=O) groups is 1. The fourth-order valence-electron chi connectivity index (χ4n) is 3.22. The maximum atomic E-state index is 13.5. The van der Waals surface area contributed by atoms with Gasteiger partial charge < -0.3 is 4.90 Å². The Morgan fingerprint density at radius 1 is 1.06 bits per heavy atom. The Kier molecular flexibility index (Phi) is 10.4. The molecule has 0 saturated carbocycles. The maximum Gasteiger partial charge on any atom is 0.260 e. The summed E-state index contributed by atoms with van der Waals surface area (Å²) in [6, 6.07) is 11.4. The van der Waals surface area contributed by atoms with Gasteiger partial charge in [-0.2, -0.15) is 4.31 Å². The van der Waals surface area contributed by atoms with Crippen molar-refractivity contribution in [2.24, 2.45) is 0 Å². The zero-order valence-corrected chi connectivity index (χ0v) is 22.8. The summed E-state index contributed by atoms with van der Waals surface area (Å²) in [6.07, 6.45) is 3.04. The van der Waals surface area contributed by atoms with E-state index in [1.165, 1.54) is 52.1 Å². The monoisotopic (exact) mass is 554 g/mol. The highest BCUT2D eigenvalue weighted by Gasteiger charge is 2.25. The number of likely N-dealkylation sites (N-methyl/N-ethyl adjacent to an activating group) is 1. The van der Waals surface area contributed by atoms with Gasteiger partial charge in [0.15, 0.2) is 5.13 Å². The van der Waals surface area contributed by atoms with E-state index >= 15 is 0 Å². The molecule has 35 heavy (non-hydrogen) atoms. The molecule has 2 aromatic carbocycles. The minimum Gasteiger partial charge on any atom is -0.308 e. The quantitative estimate of drug-likeness (QED) is 0.314. The summed E-state index contributed by atoms with van der Waals surface area (Å²) >= 11 is 7.50. The fourth-order valence-corrected chi connectivity index (χ4v) is 5.87. The van der Waals surface area contributed by atoms with Crippen LogP contribution >= 0.6 is 35.3 Å². The third-order valence-corrected chi connectivity index (χ3v) is 8.11. The summed E-state index contributed by atoms with van der Waals surface area (Å²) < 4.78 is 28.1. The number of sulfonamides is 1. The van der Waals surface area contributed by atoms with Crippen LogP contribution < -0.4 is 4.90 Å². The number of carbonyl (C=O) groups excluding carboxylic acids is 1. The van der Waals surface area contributed by atoms with Gasteiger partial charge >= 0.3 is 0 Å². The van der Waals surface area contributed by atoms with Crippen molar-refractivity contribution in [3.05, 3.63) is 78.4 Å². The number of anilines is 1. The van der Waals surface area contributed by atoms with Gasteiger partial charge in [-0.15, -0.1) is 25.6 Å². The lowest BCUT2D eigenvalue weighted by Crippen LogP contribution is -2.36. The molecule has 0 fully saturated rings. The number of benzene rings is 2. The number of rotatable bonds is 11. The predicted octanol–water partition coefficient (Wildman–Crippen LogP) is 4.94. The van der Waals surface area contributed by atoms with Gasteiger partial charge in [0.25, 0.3) is 5.91 Å². The molecule has 3 rings (SSSR count). The minimum absolute atomic E-state index is 0. The average molecular weight is 556 g/mol. The second kappa shape index (κ2) is 12.6. The summed E-state index contributed by atoms with van der Waals surface area (Å²) in [5, 5.41) is 1.16. The molecule has 1 amide bonds. The van der Waals surface area contributed by atoms with Crippen molar-refractivity contribution in [1.82, 2.24) is 14.2 Å². The van der Waals surface area contributed by atoms with Crippen molar-refractivity contribution in [3.63, 3.8) is 0 Å². The maximum absolute atomic E-state index is 13.5. The lowest BCUT2D eigenvalue weighted by molar-refractivity contribution is 0.0985. The number of hydrogen-bond donors (Lipinski definition) is 0. The molecule has 3 aromatic rings. The number of aromatic nitrogens is 1. The SMILES string of the molecule is C=CCN(CC=C)S(=O)(=O)c1ccc(C(=O)N(CCN(C)C)c2nc3ccc(Cl)cc3s2)cc1.Cl. The highest BCUT2D eigenvalue weighted by Crippen LogP contribution is 2.31. The van der Waals surface area contributed by atoms with Gasteiger partial charge in [-0.3, -0.25) is 9.69 Å². The Morgan fingerprint density at radius 3 is 2.26 bits per heavy atom. The highest BCUT2D eigenvalue weighted by atomic mass is 35.5. The average Bonchev–Trinajstić information content (AvgIpc) is 3.21. The van der Waals surface area contributed by atoms with Crippen LogP contribution in [0.25, 0.3) is 10.2 Å². The van der Waals surface area contributed by atoms with Crippen LogP contribution in [-0.4, -0.2) is 68.8 Å². The molecule has 0 atom stereocenters. The summed E-state index contributed by atoms with van der Waals surface area (Å²) in [4.78, 5) is 21.8. The number of nitrogens with zero attached hydrogens (tertiary/aromatic N) is 4. The lowest BCUT2D eigenvalue weighted by Gasteiger charge is -2.22. The first-order valence-corrected chi connectivity index (χ1v) is 13.2. The molecule has 0 aliphatic carbocycles. The fraction of sp³-hybridized carbons (Fsp3) is 0.250. The number of hydrogen-bond acceptors (Lipinski definition) is 6. The van der Waals surface area contributed by atoms with E-state index < -0.39 is 10.0 Å². The van der Waals surface area contributed by atoms with Crippen molar-refractivity contribution in [3.8, 4) is 0 Å². The molecule has 0 saturated heterocycles. The first kappa shape index (κ1) is 29.0. The number of halogens is 2. The Morgan fingerprint density at radius 2 is 1.69 bits per heavy atom. The van der Waals surface area contributed by atoms with Gasteiger partial charge in [0.1, 0.15) is 0 Å². The smallest absolute Gasteiger partial charge is 0.260 e. The third kappa shape index (κ3) is 6.91. The largest absolute Gasteiger partial charge is 0.308 e. The molecule has 0 bridgehead atoms. The molecule has 1 heterocycles. The Bertz CT molecular complexity index is 1280. The van der Waals surface area contributed by atoms with Crippen molar-refractivity contribution >= 4 is 66.6 Å². The van der Waals surface area contributed by atoms with E-state index in [1.807, 2.05) is 31.1 Å². The second-order valence-electron chi connectivity index (χ2n) is 7.79. The molecule has 0 N–H and O–H groups in total. The number of thiazole rings is 1. The highest BCUT2D eigenvalue weighted by molar-refractivity contribution is 7.89. The molecule has 0 aliphatic rings. The summed E-state index contributed by atoms with van der Waals surface area (Å²) in [5.74, 6) is -0.259. The topological polar surface area (TPSA) is 73.8 Å². The molecule has 1 aromatic heterocycles. The van der Waals surface area contributed by atoms with Gasteiger partial charge in [-0.1, -0.05) is 35.1 Å². The van der Waals surface area contributed by atoms with Crippen LogP contribution in [0.15, 0.2) is 72.7 Å². The van der Waals surface area contributed by atoms with Crippen LogP contribution in [0.4, 0.5) is 5.13 Å². The van der Waals surface area contributed by atoms with Crippen LogP contribution in [0.3, 0.4) is 0 Å². The first-order valence-electron chi connectivity index (χ1n) is 10.5. The molecule has 7 nitrogen and oxygen atoms in total. The zero-order valence-electron chi connectivity index (χ0n) is 19.6. The Hall–Kier alpha value is -2.27. The van der Waals surface area contributed by atoms with E-state index in [9.17, 15) is 13.2 Å². The minimum atomic E-state index is -3.75. The first-order chi connectivity index (χ1) is 16.2. The molecule has 0 radical (unpaired) electrons. The van der Waals surface area contributed by atoms with E-state index in [0.29, 0.717) is 28.8 Å². The summed E-state index contributed by atoms with van der Waals surface area (Å²) in [7, 11) is 0.112. The van der Waals surface area contributed by atoms with Crippen LogP contribution in [0.2, 0.25) is 5.02 Å². The predicted molar refractivity (Wildman–Crippen MR) is 148 cm³/mol. The van der Waals surface area contributed by atoms with Crippen LogP contribution in [0.5, 0.6) is 0 Å². The summed E-state index contributed by atoms with van der Waals surface area (Å²) in [6.45, 7) is 8.62. The second-order valence-corrected chi connectivity index (χ2v) is 11.2. The molecule has 0 spiro atoms. The molecular weight excluding hydrogens is 527 g/mol. The Labute approximate surface area is 221 Å². The number of fused-ring (bicyclic) bond motifs is 1. The van der Waals surface area contributed by atoms with Crippen molar-refractivity contribution in [2.75, 3.05) is 45.2 Å². The van der Waals surface area contributed by atoms with E-state index in [2.05, 4.69) is 18.1 Å². The van der Waals surface area contributed by atoms with Crippen LogP contribution in [-0.2, 0) is 10.0 Å².